The van der Waals surface area contributed by atoms with Crippen molar-refractivity contribution in [2.75, 3.05) is 4.90 Å². The molecule has 1 aliphatic rings. The zero-order valence-electron chi connectivity index (χ0n) is 15.3. The molecule has 4 heteroatoms. The number of nitriles is 2. The molecule has 0 atom stereocenters. The second-order valence-corrected chi connectivity index (χ2v) is 6.23. The highest BCUT2D eigenvalue weighted by atomic mass is 16.5. The normalized spacial score (nSPS) is 13.2. The predicted octanol–water partition coefficient (Wildman–Crippen LogP) is 5.24. The minimum atomic E-state index is 0.123. The fraction of sp³-hybridized carbons (Fsp3) is 0.130. The van der Waals surface area contributed by atoms with Gasteiger partial charge in [0, 0.05) is 22.7 Å². The Morgan fingerprint density at radius 2 is 1.48 bits per heavy atom. The number of benzene rings is 2. The van der Waals surface area contributed by atoms with E-state index >= 15 is 0 Å². The van der Waals surface area contributed by atoms with Crippen LogP contribution < -0.4 is 9.64 Å². The van der Waals surface area contributed by atoms with Gasteiger partial charge in [-0.05, 0) is 55.8 Å². The molecule has 0 unspecified atom stereocenters. The molecule has 0 bridgehead atoms. The second kappa shape index (κ2) is 8.08. The Morgan fingerprint density at radius 1 is 0.889 bits per heavy atom. The highest BCUT2D eigenvalue weighted by Crippen LogP contribution is 2.31. The number of ether oxygens (including phenoxy) is 1. The fourth-order valence-electron chi connectivity index (χ4n) is 3.04. The highest BCUT2D eigenvalue weighted by Gasteiger charge is 2.17. The molecule has 0 N–H and O–H groups in total. The van der Waals surface area contributed by atoms with E-state index in [9.17, 15) is 0 Å². The van der Waals surface area contributed by atoms with E-state index in [2.05, 4.69) is 4.90 Å². The molecule has 0 amide bonds. The summed E-state index contributed by atoms with van der Waals surface area (Å²) in [6.07, 6.45) is 3.71. The average molecular weight is 353 g/mol. The smallest absolute Gasteiger partial charge is 0.137 e. The van der Waals surface area contributed by atoms with E-state index in [1.807, 2.05) is 92.7 Å². The summed E-state index contributed by atoms with van der Waals surface area (Å²) in [6.45, 7) is 4.45. The lowest BCUT2D eigenvalue weighted by Crippen LogP contribution is -2.21. The molecule has 0 radical (unpaired) electrons. The molecule has 0 aromatic heterocycles. The number of hydrogen-bond donors (Lipinski definition) is 0. The second-order valence-electron chi connectivity index (χ2n) is 6.23. The molecule has 0 saturated heterocycles. The zero-order chi connectivity index (χ0) is 19.2. The van der Waals surface area contributed by atoms with Gasteiger partial charge in [-0.25, -0.2) is 0 Å². The monoisotopic (exact) mass is 353 g/mol. The number of anilines is 1. The molecule has 1 aliphatic heterocycles. The lowest BCUT2D eigenvalue weighted by molar-refractivity contribution is 0.306. The molecular weight excluding hydrogens is 334 g/mol. The van der Waals surface area contributed by atoms with Gasteiger partial charge < -0.3 is 9.64 Å². The van der Waals surface area contributed by atoms with Crippen molar-refractivity contribution in [1.29, 1.82) is 10.5 Å². The maximum Gasteiger partial charge on any atom is 0.137 e. The molecule has 132 valence electrons. The van der Waals surface area contributed by atoms with Crippen LogP contribution in [0.1, 0.15) is 19.4 Å². The molecule has 2 aromatic carbocycles. The Labute approximate surface area is 159 Å². The molecule has 0 spiro atoms. The number of nitrogens with zero attached hydrogens (tertiary/aromatic N) is 3. The van der Waals surface area contributed by atoms with Crippen LogP contribution in [0.4, 0.5) is 5.69 Å². The van der Waals surface area contributed by atoms with Crippen molar-refractivity contribution in [2.45, 2.75) is 20.5 Å². The summed E-state index contributed by atoms with van der Waals surface area (Å²) in [5.41, 5.74) is 4.79. The molecule has 3 rings (SSSR count). The van der Waals surface area contributed by atoms with E-state index in [4.69, 9.17) is 15.3 Å². The molecule has 27 heavy (non-hydrogen) atoms. The summed E-state index contributed by atoms with van der Waals surface area (Å²) in [4.78, 5) is 2.08. The lowest BCUT2D eigenvalue weighted by Gasteiger charge is -2.29. The molecule has 2 aromatic rings. The molecule has 4 nitrogen and oxygen atoms in total. The Bertz CT molecular complexity index is 962. The SMILES string of the molecule is CC1=CC(=C(C#N)C#N)C=C(C)N1c1ccc(OCc2ccccc2)cc1. The first-order valence-corrected chi connectivity index (χ1v) is 8.60. The minimum absolute atomic E-state index is 0.123. The zero-order valence-corrected chi connectivity index (χ0v) is 15.3. The highest BCUT2D eigenvalue weighted by molar-refractivity contribution is 5.65. The van der Waals surface area contributed by atoms with Crippen LogP contribution in [0.2, 0.25) is 0 Å². The van der Waals surface area contributed by atoms with Crippen molar-refractivity contribution in [3.63, 3.8) is 0 Å². The molecule has 0 aliphatic carbocycles. The average Bonchev–Trinajstić information content (AvgIpc) is 2.69. The molecular formula is C23H19N3O. The van der Waals surface area contributed by atoms with Crippen molar-refractivity contribution in [3.05, 3.63) is 94.9 Å². The van der Waals surface area contributed by atoms with E-state index in [-0.39, 0.29) is 5.57 Å². The Hall–Kier alpha value is -3.76. The van der Waals surface area contributed by atoms with Gasteiger partial charge in [-0.3, -0.25) is 0 Å². The maximum absolute atomic E-state index is 9.08. The first kappa shape index (κ1) is 18.0. The Kier molecular flexibility index (Phi) is 5.40. The van der Waals surface area contributed by atoms with Gasteiger partial charge in [-0.2, -0.15) is 10.5 Å². The van der Waals surface area contributed by atoms with E-state index in [0.29, 0.717) is 12.2 Å². The predicted molar refractivity (Wildman–Crippen MR) is 105 cm³/mol. The van der Waals surface area contributed by atoms with Crippen LogP contribution in [0.3, 0.4) is 0 Å². The van der Waals surface area contributed by atoms with Gasteiger partial charge in [0.25, 0.3) is 0 Å². The number of allylic oxidation sites excluding steroid dienone is 6. The van der Waals surface area contributed by atoms with E-state index < -0.39 is 0 Å². The van der Waals surface area contributed by atoms with E-state index in [1.165, 1.54) is 0 Å². The van der Waals surface area contributed by atoms with Gasteiger partial charge in [0.1, 0.15) is 30.1 Å². The lowest BCUT2D eigenvalue weighted by atomic mass is 10.0. The van der Waals surface area contributed by atoms with Crippen molar-refractivity contribution in [1.82, 2.24) is 0 Å². The standard InChI is InChI=1S/C23H19N3O/c1-17-12-20(21(14-24)15-25)13-18(2)26(17)22-8-10-23(11-9-22)27-16-19-6-4-3-5-7-19/h3-13H,16H2,1-2H3. The van der Waals surface area contributed by atoms with Gasteiger partial charge >= 0.3 is 0 Å². The summed E-state index contributed by atoms with van der Waals surface area (Å²) in [6, 6.07) is 21.8. The van der Waals surface area contributed by atoms with Crippen LogP contribution in [0.5, 0.6) is 5.75 Å². The Balaban J connectivity index is 1.77. The minimum Gasteiger partial charge on any atom is -0.489 e. The van der Waals surface area contributed by atoms with Crippen LogP contribution in [-0.4, -0.2) is 0 Å². The van der Waals surface area contributed by atoms with E-state index in [0.717, 1.165) is 28.4 Å². The van der Waals surface area contributed by atoms with Gasteiger partial charge in [0.15, 0.2) is 0 Å². The van der Waals surface area contributed by atoms with Crippen molar-refractivity contribution < 1.29 is 4.74 Å². The van der Waals surface area contributed by atoms with Crippen LogP contribution in [0.25, 0.3) is 0 Å². The van der Waals surface area contributed by atoms with Gasteiger partial charge in [-0.1, -0.05) is 30.3 Å². The van der Waals surface area contributed by atoms with Crippen LogP contribution in [0.15, 0.2) is 89.3 Å². The summed E-state index contributed by atoms with van der Waals surface area (Å²) in [5.74, 6) is 0.805. The molecule has 1 heterocycles. The number of hydrogen-bond acceptors (Lipinski definition) is 4. The third-order valence-electron chi connectivity index (χ3n) is 4.29. The third-order valence-corrected chi connectivity index (χ3v) is 4.29. The van der Waals surface area contributed by atoms with E-state index in [1.54, 1.807) is 0 Å². The van der Waals surface area contributed by atoms with Crippen molar-refractivity contribution in [3.8, 4) is 17.9 Å². The van der Waals surface area contributed by atoms with Crippen LogP contribution in [-0.2, 0) is 6.61 Å². The summed E-state index contributed by atoms with van der Waals surface area (Å²) < 4.78 is 5.84. The first-order valence-electron chi connectivity index (χ1n) is 8.60. The summed E-state index contributed by atoms with van der Waals surface area (Å²) >= 11 is 0. The van der Waals surface area contributed by atoms with Gasteiger partial charge in [-0.15, -0.1) is 0 Å². The third kappa shape index (κ3) is 4.08. The van der Waals surface area contributed by atoms with Crippen LogP contribution >= 0.6 is 0 Å². The molecule has 0 fully saturated rings. The Morgan fingerprint density at radius 3 is 2.04 bits per heavy atom. The molecule has 0 saturated carbocycles. The summed E-state index contributed by atoms with van der Waals surface area (Å²) in [7, 11) is 0. The number of rotatable bonds is 4. The topological polar surface area (TPSA) is 60.0 Å². The van der Waals surface area contributed by atoms with Crippen LogP contribution in [0, 0.1) is 22.7 Å². The largest absolute Gasteiger partial charge is 0.489 e. The van der Waals surface area contributed by atoms with Gasteiger partial charge in [0.2, 0.25) is 0 Å². The fourth-order valence-corrected chi connectivity index (χ4v) is 3.04. The van der Waals surface area contributed by atoms with Crippen molar-refractivity contribution >= 4 is 5.69 Å². The van der Waals surface area contributed by atoms with Gasteiger partial charge in [0.05, 0.1) is 0 Å². The first-order chi connectivity index (χ1) is 13.1. The quantitative estimate of drug-likeness (QED) is 0.706. The van der Waals surface area contributed by atoms with Crippen molar-refractivity contribution in [2.24, 2.45) is 0 Å². The maximum atomic E-state index is 9.08. The summed E-state index contributed by atoms with van der Waals surface area (Å²) in [5, 5.41) is 18.2.